The fraction of sp³-hybridized carbons (Fsp3) is 0.357. The van der Waals surface area contributed by atoms with Gasteiger partial charge >= 0.3 is 0 Å². The number of hydrogen-bond acceptors (Lipinski definition) is 2. The molecule has 0 aliphatic heterocycles. The summed E-state index contributed by atoms with van der Waals surface area (Å²) in [5.41, 5.74) is 2.08. The summed E-state index contributed by atoms with van der Waals surface area (Å²) in [5, 5.41) is 14.9. The van der Waals surface area contributed by atoms with E-state index in [1.807, 2.05) is 55.9 Å². The predicted molar refractivity (Wildman–Crippen MR) is 80.4 cm³/mol. The quantitative estimate of drug-likeness (QED) is 0.859. The van der Waals surface area contributed by atoms with Gasteiger partial charge in [-0.05, 0) is 60.2 Å². The van der Waals surface area contributed by atoms with Crippen LogP contribution in [0.5, 0.6) is 0 Å². The highest BCUT2D eigenvalue weighted by Crippen LogP contribution is 2.26. The molecule has 0 aliphatic rings. The first-order valence-corrected chi connectivity index (χ1v) is 6.94. The second-order valence-electron chi connectivity index (χ2n) is 4.86. The van der Waals surface area contributed by atoms with Crippen molar-refractivity contribution in [2.45, 2.75) is 25.9 Å². The molecule has 1 aromatic carbocycles. The molecule has 0 radical (unpaired) electrons. The zero-order valence-corrected chi connectivity index (χ0v) is 13.0. The van der Waals surface area contributed by atoms with E-state index in [1.54, 1.807) is 0 Å². The Kier molecular flexibility index (Phi) is 3.77. The van der Waals surface area contributed by atoms with Crippen LogP contribution >= 0.6 is 22.6 Å². The lowest BCUT2D eigenvalue weighted by Gasteiger charge is -2.24. The molecule has 0 saturated heterocycles. The molecule has 2 aromatic rings. The Bertz CT molecular complexity index is 543. The summed E-state index contributed by atoms with van der Waals surface area (Å²) in [6.07, 6.45) is 0.560. The van der Waals surface area contributed by atoms with Crippen LogP contribution in [0.4, 0.5) is 0 Å². The van der Waals surface area contributed by atoms with Crippen LogP contribution in [0.2, 0.25) is 0 Å². The van der Waals surface area contributed by atoms with E-state index in [0.717, 1.165) is 17.0 Å². The summed E-state index contributed by atoms with van der Waals surface area (Å²) in [6, 6.07) is 9.99. The largest absolute Gasteiger partial charge is 0.385 e. The molecular weight excluding hydrogens is 339 g/mol. The molecule has 4 heteroatoms. The number of aromatic nitrogens is 2. The summed E-state index contributed by atoms with van der Waals surface area (Å²) in [4.78, 5) is 0. The van der Waals surface area contributed by atoms with Crippen molar-refractivity contribution in [3.63, 3.8) is 0 Å². The topological polar surface area (TPSA) is 38.0 Å². The zero-order chi connectivity index (χ0) is 13.3. The number of benzene rings is 1. The van der Waals surface area contributed by atoms with Crippen LogP contribution in [0.1, 0.15) is 23.9 Å². The molecule has 1 heterocycles. The Morgan fingerprint density at radius 2 is 1.94 bits per heavy atom. The van der Waals surface area contributed by atoms with Gasteiger partial charge in [0.05, 0.1) is 11.3 Å². The normalized spacial score (nSPS) is 14.5. The molecule has 3 nitrogen and oxygen atoms in total. The van der Waals surface area contributed by atoms with Crippen LogP contribution in [0.15, 0.2) is 30.3 Å². The summed E-state index contributed by atoms with van der Waals surface area (Å²) >= 11 is 2.26. The molecule has 96 valence electrons. The number of aliphatic hydroxyl groups is 1. The monoisotopic (exact) mass is 356 g/mol. The maximum Gasteiger partial charge on any atom is 0.0923 e. The zero-order valence-electron chi connectivity index (χ0n) is 10.8. The van der Waals surface area contributed by atoms with Crippen molar-refractivity contribution in [3.05, 3.63) is 50.9 Å². The standard InChI is InChI=1S/C14H17IN2O/c1-10-8-13(17(3)16-10)9-14(2,18)11-4-6-12(15)7-5-11/h4-8,18H,9H2,1-3H3. The second kappa shape index (κ2) is 5.01. The van der Waals surface area contributed by atoms with Crippen molar-refractivity contribution in [3.8, 4) is 0 Å². The number of aryl methyl sites for hydroxylation is 2. The number of rotatable bonds is 3. The van der Waals surface area contributed by atoms with Crippen molar-refractivity contribution in [1.82, 2.24) is 9.78 Å². The first-order chi connectivity index (χ1) is 8.38. The molecule has 18 heavy (non-hydrogen) atoms. The average Bonchev–Trinajstić information content (AvgIpc) is 2.57. The Morgan fingerprint density at radius 1 is 1.33 bits per heavy atom. The van der Waals surface area contributed by atoms with Gasteiger partial charge in [-0.25, -0.2) is 0 Å². The highest BCUT2D eigenvalue weighted by molar-refractivity contribution is 14.1. The van der Waals surface area contributed by atoms with Crippen molar-refractivity contribution in [2.24, 2.45) is 7.05 Å². The van der Waals surface area contributed by atoms with Gasteiger partial charge in [-0.1, -0.05) is 12.1 Å². The minimum Gasteiger partial charge on any atom is -0.385 e. The maximum absolute atomic E-state index is 10.6. The molecule has 0 aliphatic carbocycles. The minimum absolute atomic E-state index is 0.560. The summed E-state index contributed by atoms with van der Waals surface area (Å²) in [7, 11) is 1.91. The van der Waals surface area contributed by atoms with Gasteiger partial charge in [0, 0.05) is 22.7 Å². The highest BCUT2D eigenvalue weighted by Gasteiger charge is 2.25. The molecule has 0 bridgehead atoms. The van der Waals surface area contributed by atoms with Gasteiger partial charge in [-0.15, -0.1) is 0 Å². The lowest BCUT2D eigenvalue weighted by Crippen LogP contribution is -2.25. The van der Waals surface area contributed by atoms with Crippen molar-refractivity contribution in [2.75, 3.05) is 0 Å². The summed E-state index contributed by atoms with van der Waals surface area (Å²) < 4.78 is 3.00. The Balaban J connectivity index is 2.26. The number of nitrogens with zero attached hydrogens (tertiary/aromatic N) is 2. The molecule has 1 aromatic heterocycles. The van der Waals surface area contributed by atoms with Gasteiger partial charge in [-0.3, -0.25) is 4.68 Å². The van der Waals surface area contributed by atoms with Crippen LogP contribution in [0, 0.1) is 10.5 Å². The highest BCUT2D eigenvalue weighted by atomic mass is 127. The van der Waals surface area contributed by atoms with Crippen molar-refractivity contribution >= 4 is 22.6 Å². The van der Waals surface area contributed by atoms with E-state index in [-0.39, 0.29) is 0 Å². The van der Waals surface area contributed by atoms with Gasteiger partial charge in [0.2, 0.25) is 0 Å². The Hall–Kier alpha value is -0.880. The molecule has 2 rings (SSSR count). The first-order valence-electron chi connectivity index (χ1n) is 5.86. The number of hydrogen-bond donors (Lipinski definition) is 1. The van der Waals surface area contributed by atoms with E-state index >= 15 is 0 Å². The molecule has 1 N–H and O–H groups in total. The van der Waals surface area contributed by atoms with Crippen LogP contribution in [0.25, 0.3) is 0 Å². The van der Waals surface area contributed by atoms with Gasteiger partial charge in [0.25, 0.3) is 0 Å². The smallest absolute Gasteiger partial charge is 0.0923 e. The van der Waals surface area contributed by atoms with Crippen molar-refractivity contribution in [1.29, 1.82) is 0 Å². The molecule has 1 atom stereocenters. The summed E-state index contributed by atoms with van der Waals surface area (Å²) in [5.74, 6) is 0. The van der Waals surface area contributed by atoms with Crippen LogP contribution in [-0.4, -0.2) is 14.9 Å². The van der Waals surface area contributed by atoms with Crippen LogP contribution < -0.4 is 0 Å². The fourth-order valence-corrected chi connectivity index (χ4v) is 2.45. The number of halogens is 1. The molecule has 0 saturated carbocycles. The van der Waals surface area contributed by atoms with E-state index in [9.17, 15) is 5.11 Å². The van der Waals surface area contributed by atoms with Crippen LogP contribution in [0.3, 0.4) is 0 Å². The fourth-order valence-electron chi connectivity index (χ4n) is 2.09. The lowest BCUT2D eigenvalue weighted by molar-refractivity contribution is 0.0556. The van der Waals surface area contributed by atoms with Gasteiger partial charge in [0.15, 0.2) is 0 Å². The van der Waals surface area contributed by atoms with Gasteiger partial charge in [0.1, 0.15) is 0 Å². The Labute approximate surface area is 121 Å². The SMILES string of the molecule is Cc1cc(CC(C)(O)c2ccc(I)cc2)n(C)n1. The van der Waals surface area contributed by atoms with E-state index in [1.165, 1.54) is 3.57 Å². The average molecular weight is 356 g/mol. The Morgan fingerprint density at radius 3 is 2.44 bits per heavy atom. The molecule has 0 spiro atoms. The third kappa shape index (κ3) is 2.92. The first kappa shape index (κ1) is 13.5. The molecular formula is C14H17IN2O. The summed E-state index contributed by atoms with van der Waals surface area (Å²) in [6.45, 7) is 3.81. The maximum atomic E-state index is 10.6. The third-order valence-corrected chi connectivity index (χ3v) is 3.81. The van der Waals surface area contributed by atoms with E-state index < -0.39 is 5.60 Å². The molecule has 0 fully saturated rings. The van der Waals surface area contributed by atoms with Crippen LogP contribution in [-0.2, 0) is 19.1 Å². The minimum atomic E-state index is -0.870. The van der Waals surface area contributed by atoms with E-state index in [0.29, 0.717) is 6.42 Å². The van der Waals surface area contributed by atoms with Gasteiger partial charge < -0.3 is 5.11 Å². The lowest BCUT2D eigenvalue weighted by atomic mass is 9.91. The predicted octanol–water partition coefficient (Wildman–Crippen LogP) is 2.78. The third-order valence-electron chi connectivity index (χ3n) is 3.09. The molecule has 1 unspecified atom stereocenters. The molecule has 0 amide bonds. The van der Waals surface area contributed by atoms with Crippen molar-refractivity contribution < 1.29 is 5.11 Å². The van der Waals surface area contributed by atoms with E-state index in [2.05, 4.69) is 27.7 Å². The van der Waals surface area contributed by atoms with E-state index in [4.69, 9.17) is 0 Å². The van der Waals surface area contributed by atoms with Gasteiger partial charge in [-0.2, -0.15) is 5.10 Å². The second-order valence-corrected chi connectivity index (χ2v) is 6.10.